The topological polar surface area (TPSA) is 118 Å². The number of nitrogens with one attached hydrogen (secondary N) is 2. The van der Waals surface area contributed by atoms with Crippen molar-refractivity contribution in [3.63, 3.8) is 0 Å². The van der Waals surface area contributed by atoms with Gasteiger partial charge in [0.25, 0.3) is 0 Å². The Morgan fingerprint density at radius 2 is 1.88 bits per heavy atom. The fraction of sp³-hybridized carbons (Fsp3) is 0.571. The quantitative estimate of drug-likeness (QED) is 0.725. The van der Waals surface area contributed by atoms with Crippen LogP contribution >= 0.6 is 11.6 Å². The zero-order valence-electron chi connectivity index (χ0n) is 13.0. The number of primary sulfonamides is 1. The second kappa shape index (κ2) is 6.45. The molecule has 1 aliphatic carbocycles. The molecule has 1 heterocycles. The molecule has 0 bridgehead atoms. The molecule has 3 rings (SSSR count). The van der Waals surface area contributed by atoms with E-state index >= 15 is 0 Å². The summed E-state index contributed by atoms with van der Waals surface area (Å²) in [6, 6.07) is 2.31. The maximum atomic E-state index is 12.5. The minimum absolute atomic E-state index is 0.0998. The van der Waals surface area contributed by atoms with Crippen LogP contribution in [-0.2, 0) is 20.0 Å². The van der Waals surface area contributed by atoms with Crippen molar-refractivity contribution in [2.75, 3.05) is 5.32 Å². The Kier molecular flexibility index (Phi) is 4.82. The third-order valence-corrected chi connectivity index (χ3v) is 7.44. The van der Waals surface area contributed by atoms with Gasteiger partial charge in [-0.05, 0) is 24.5 Å². The zero-order valence-corrected chi connectivity index (χ0v) is 15.3. The summed E-state index contributed by atoms with van der Waals surface area (Å²) < 4.78 is 50.6. The number of fused-ring (bicyclic) bond motifs is 1. The molecule has 24 heavy (non-hydrogen) atoms. The number of hydrogen-bond acceptors (Lipinski definition) is 5. The molecule has 0 saturated heterocycles. The van der Waals surface area contributed by atoms with Crippen LogP contribution in [0.25, 0.3) is 0 Å². The van der Waals surface area contributed by atoms with E-state index in [1.807, 2.05) is 0 Å². The lowest BCUT2D eigenvalue weighted by Crippen LogP contribution is -2.46. The molecule has 1 aromatic rings. The van der Waals surface area contributed by atoms with Gasteiger partial charge in [0.2, 0.25) is 20.0 Å². The second-order valence-corrected chi connectivity index (χ2v) is 10.0. The summed E-state index contributed by atoms with van der Waals surface area (Å²) in [5.41, 5.74) is 0.298. The SMILES string of the molecule is NS(=O)(=O)c1cc2c(cc1Cl)NC(CC1CCCCC1)NS2(=O)=O. The van der Waals surface area contributed by atoms with Crippen molar-refractivity contribution in [2.45, 2.75) is 54.5 Å². The summed E-state index contributed by atoms with van der Waals surface area (Å²) in [5.74, 6) is 0.472. The standard InChI is InChI=1S/C14H20ClN3O4S2/c15-10-7-11-13(8-12(10)23(16,19)20)24(21,22)18-14(17-11)6-9-4-2-1-3-5-9/h7-9,14,17-18H,1-6H2,(H2,16,19,20). The summed E-state index contributed by atoms with van der Waals surface area (Å²) in [6.45, 7) is 0. The average molecular weight is 394 g/mol. The van der Waals surface area contributed by atoms with E-state index in [4.69, 9.17) is 16.7 Å². The van der Waals surface area contributed by atoms with Crippen LogP contribution in [0.15, 0.2) is 21.9 Å². The molecule has 0 spiro atoms. The monoisotopic (exact) mass is 393 g/mol. The summed E-state index contributed by atoms with van der Waals surface area (Å²) in [5, 5.41) is 8.09. The first-order valence-electron chi connectivity index (χ1n) is 7.82. The van der Waals surface area contributed by atoms with Gasteiger partial charge in [-0.3, -0.25) is 0 Å². The zero-order chi connectivity index (χ0) is 17.5. The number of hydrogen-bond donors (Lipinski definition) is 3. The van der Waals surface area contributed by atoms with Crippen molar-refractivity contribution in [3.05, 3.63) is 17.2 Å². The van der Waals surface area contributed by atoms with Crippen molar-refractivity contribution in [3.8, 4) is 0 Å². The number of benzene rings is 1. The van der Waals surface area contributed by atoms with Gasteiger partial charge in [0.1, 0.15) is 9.79 Å². The molecule has 1 aliphatic heterocycles. The summed E-state index contributed by atoms with van der Waals surface area (Å²) in [4.78, 5) is -0.559. The highest BCUT2D eigenvalue weighted by Crippen LogP contribution is 2.35. The molecule has 2 aliphatic rings. The predicted molar refractivity (Wildman–Crippen MR) is 91.7 cm³/mol. The second-order valence-electron chi connectivity index (χ2n) is 6.38. The van der Waals surface area contributed by atoms with Gasteiger partial charge in [0.15, 0.2) is 0 Å². The molecular weight excluding hydrogens is 374 g/mol. The summed E-state index contributed by atoms with van der Waals surface area (Å²) in [6.07, 6.45) is 6.02. The Morgan fingerprint density at radius 3 is 2.50 bits per heavy atom. The molecule has 0 amide bonds. The van der Waals surface area contributed by atoms with Gasteiger partial charge in [-0.25, -0.2) is 22.0 Å². The third kappa shape index (κ3) is 3.70. The molecule has 10 heteroatoms. The molecule has 1 saturated carbocycles. The van der Waals surface area contributed by atoms with Gasteiger partial charge < -0.3 is 5.32 Å². The Bertz CT molecular complexity index is 849. The van der Waals surface area contributed by atoms with E-state index in [1.165, 1.54) is 25.3 Å². The largest absolute Gasteiger partial charge is 0.368 e. The minimum Gasteiger partial charge on any atom is -0.368 e. The van der Waals surface area contributed by atoms with Crippen molar-refractivity contribution in [2.24, 2.45) is 11.1 Å². The van der Waals surface area contributed by atoms with Crippen LogP contribution < -0.4 is 15.2 Å². The Hall–Kier alpha value is -0.870. The van der Waals surface area contributed by atoms with E-state index in [1.54, 1.807) is 0 Å². The highest BCUT2D eigenvalue weighted by Gasteiger charge is 2.33. The lowest BCUT2D eigenvalue weighted by molar-refractivity contribution is 0.318. The van der Waals surface area contributed by atoms with Crippen LogP contribution in [0.1, 0.15) is 38.5 Å². The van der Waals surface area contributed by atoms with E-state index in [-0.39, 0.29) is 9.92 Å². The van der Waals surface area contributed by atoms with E-state index in [2.05, 4.69) is 10.0 Å². The van der Waals surface area contributed by atoms with Crippen molar-refractivity contribution >= 4 is 37.3 Å². The lowest BCUT2D eigenvalue weighted by Gasteiger charge is -2.32. The Balaban J connectivity index is 1.92. The van der Waals surface area contributed by atoms with Crippen molar-refractivity contribution < 1.29 is 16.8 Å². The van der Waals surface area contributed by atoms with Crippen molar-refractivity contribution in [1.82, 2.24) is 4.72 Å². The molecule has 0 aromatic heterocycles. The van der Waals surface area contributed by atoms with Gasteiger partial charge in [-0.15, -0.1) is 0 Å². The maximum absolute atomic E-state index is 12.5. The molecule has 7 nitrogen and oxygen atoms in total. The normalized spacial score (nSPS) is 24.2. The van der Waals surface area contributed by atoms with Crippen LogP contribution in [0, 0.1) is 5.92 Å². The predicted octanol–water partition coefficient (Wildman–Crippen LogP) is 1.99. The number of rotatable bonds is 3. The van der Waals surface area contributed by atoms with Gasteiger partial charge in [0.05, 0.1) is 16.9 Å². The molecule has 4 N–H and O–H groups in total. The highest BCUT2D eigenvalue weighted by atomic mass is 35.5. The van der Waals surface area contributed by atoms with Crippen molar-refractivity contribution in [1.29, 1.82) is 0 Å². The summed E-state index contributed by atoms with van der Waals surface area (Å²) in [7, 11) is -7.94. The maximum Gasteiger partial charge on any atom is 0.244 e. The molecule has 1 aromatic carbocycles. The highest BCUT2D eigenvalue weighted by molar-refractivity contribution is 7.90. The molecule has 134 valence electrons. The molecular formula is C14H20ClN3O4S2. The van der Waals surface area contributed by atoms with Gasteiger partial charge in [0, 0.05) is 0 Å². The van der Waals surface area contributed by atoms with Crippen LogP contribution in [0.4, 0.5) is 5.69 Å². The third-order valence-electron chi connectivity index (χ3n) is 4.55. The molecule has 1 fully saturated rings. The molecule has 1 atom stereocenters. The van der Waals surface area contributed by atoms with Crippen LogP contribution in [0.2, 0.25) is 5.02 Å². The molecule has 0 radical (unpaired) electrons. The first-order chi connectivity index (χ1) is 11.2. The fourth-order valence-electron chi connectivity index (χ4n) is 3.42. The van der Waals surface area contributed by atoms with Gasteiger partial charge >= 0.3 is 0 Å². The Labute approximate surface area is 147 Å². The van der Waals surface area contributed by atoms with Crippen LogP contribution in [-0.4, -0.2) is 23.0 Å². The number of anilines is 1. The van der Waals surface area contributed by atoms with Gasteiger partial charge in [-0.2, -0.15) is 4.72 Å². The number of nitrogens with two attached hydrogens (primary N) is 1. The number of halogens is 1. The Morgan fingerprint density at radius 1 is 1.21 bits per heavy atom. The lowest BCUT2D eigenvalue weighted by atomic mass is 9.86. The molecule has 1 unspecified atom stereocenters. The van der Waals surface area contributed by atoms with Gasteiger partial charge in [-0.1, -0.05) is 43.7 Å². The van der Waals surface area contributed by atoms with Crippen LogP contribution in [0.5, 0.6) is 0 Å². The first kappa shape index (κ1) is 17.9. The van der Waals surface area contributed by atoms with E-state index < -0.39 is 31.1 Å². The smallest absolute Gasteiger partial charge is 0.244 e. The van der Waals surface area contributed by atoms with E-state index in [0.29, 0.717) is 18.0 Å². The fourth-order valence-corrected chi connectivity index (χ4v) is 5.93. The number of sulfonamides is 2. The minimum atomic E-state index is -4.11. The van der Waals surface area contributed by atoms with E-state index in [9.17, 15) is 16.8 Å². The van der Waals surface area contributed by atoms with Crippen LogP contribution in [0.3, 0.4) is 0 Å². The first-order valence-corrected chi connectivity index (χ1v) is 11.2. The summed E-state index contributed by atoms with van der Waals surface area (Å²) >= 11 is 5.96. The van der Waals surface area contributed by atoms with E-state index in [0.717, 1.165) is 18.9 Å². The average Bonchev–Trinajstić information content (AvgIpc) is 2.45.